The molecule has 1 aromatic heterocycles. The Morgan fingerprint density at radius 1 is 1.03 bits per heavy atom. The number of hydrogen-bond acceptors (Lipinski definition) is 2. The van der Waals surface area contributed by atoms with E-state index >= 15 is 0 Å². The average molecular weight is 399 g/mol. The molecular formula is C24H27F2NO2. The number of hydrogen-bond donors (Lipinski definition) is 1. The van der Waals surface area contributed by atoms with Gasteiger partial charge in [0.2, 0.25) is 0 Å². The summed E-state index contributed by atoms with van der Waals surface area (Å²) in [5, 5.41) is 10.8. The molecule has 0 aliphatic heterocycles. The second-order valence-electron chi connectivity index (χ2n) is 8.29. The Morgan fingerprint density at radius 2 is 1.76 bits per heavy atom. The smallest absolute Gasteiger partial charge is 0.165 e. The molecule has 0 bridgehead atoms. The second kappa shape index (κ2) is 8.36. The molecule has 0 saturated heterocycles. The Labute approximate surface area is 170 Å². The molecule has 3 nitrogen and oxygen atoms in total. The summed E-state index contributed by atoms with van der Waals surface area (Å²) in [5.41, 5.74) is 3.05. The van der Waals surface area contributed by atoms with Gasteiger partial charge in [-0.15, -0.1) is 0 Å². The van der Waals surface area contributed by atoms with Crippen molar-refractivity contribution in [3.63, 3.8) is 0 Å². The molecule has 1 N–H and O–H groups in total. The van der Waals surface area contributed by atoms with Crippen LogP contribution in [0.1, 0.15) is 61.6 Å². The van der Waals surface area contributed by atoms with Crippen molar-refractivity contribution in [2.24, 2.45) is 5.92 Å². The van der Waals surface area contributed by atoms with Gasteiger partial charge in [0.1, 0.15) is 5.75 Å². The Hall–Kier alpha value is -2.69. The van der Waals surface area contributed by atoms with Gasteiger partial charge in [-0.2, -0.15) is 0 Å². The number of rotatable bonds is 7. The van der Waals surface area contributed by atoms with Crippen molar-refractivity contribution in [3.8, 4) is 5.75 Å². The number of aromatic nitrogens is 1. The first-order chi connectivity index (χ1) is 13.7. The highest BCUT2D eigenvalue weighted by molar-refractivity contribution is 6.10. The van der Waals surface area contributed by atoms with Gasteiger partial charge in [-0.25, -0.2) is 8.78 Å². The molecule has 3 rings (SSSR count). The fourth-order valence-electron chi connectivity index (χ4n) is 3.89. The highest BCUT2D eigenvalue weighted by Crippen LogP contribution is 2.35. The highest BCUT2D eigenvalue weighted by atomic mass is 19.2. The van der Waals surface area contributed by atoms with Crippen LogP contribution in [0.3, 0.4) is 0 Å². The minimum Gasteiger partial charge on any atom is -0.508 e. The Bertz CT molecular complexity index is 1050. The van der Waals surface area contributed by atoms with Gasteiger partial charge < -0.3 is 9.67 Å². The second-order valence-corrected chi connectivity index (χ2v) is 8.29. The summed E-state index contributed by atoms with van der Waals surface area (Å²) in [6.45, 7) is 9.07. The number of carbonyl (C=O) groups excluding carboxylic acids is 1. The maximum Gasteiger partial charge on any atom is 0.165 e. The molecule has 2 aromatic carbocycles. The molecule has 0 spiro atoms. The van der Waals surface area contributed by atoms with Crippen molar-refractivity contribution in [3.05, 3.63) is 64.9 Å². The number of benzene rings is 2. The lowest BCUT2D eigenvalue weighted by molar-refractivity contribution is 0.0982. The number of fused-ring (bicyclic) bond motifs is 1. The van der Waals surface area contributed by atoms with E-state index in [2.05, 4.69) is 32.3 Å². The van der Waals surface area contributed by atoms with Crippen LogP contribution in [0, 0.1) is 17.6 Å². The Morgan fingerprint density at radius 3 is 2.38 bits per heavy atom. The van der Waals surface area contributed by atoms with Crippen molar-refractivity contribution < 1.29 is 18.7 Å². The third kappa shape index (κ3) is 4.34. The number of phenolic OH excluding ortho intramolecular Hbond substituents is 1. The normalized spacial score (nSPS) is 11.7. The topological polar surface area (TPSA) is 42.2 Å². The first-order valence-electron chi connectivity index (χ1n) is 10.0. The van der Waals surface area contributed by atoms with E-state index in [0.29, 0.717) is 23.5 Å². The largest absolute Gasteiger partial charge is 0.508 e. The van der Waals surface area contributed by atoms with Gasteiger partial charge in [0.25, 0.3) is 0 Å². The quantitative estimate of drug-likeness (QED) is 0.479. The molecule has 3 aromatic rings. The zero-order chi connectivity index (χ0) is 21.3. The van der Waals surface area contributed by atoms with Crippen LogP contribution in [0.15, 0.2) is 36.4 Å². The predicted molar refractivity (Wildman–Crippen MR) is 112 cm³/mol. The number of aryl methyl sites for hydroxylation is 1. The molecule has 0 radical (unpaired) electrons. The van der Waals surface area contributed by atoms with E-state index in [0.717, 1.165) is 35.3 Å². The van der Waals surface area contributed by atoms with E-state index in [1.54, 1.807) is 18.2 Å². The van der Waals surface area contributed by atoms with Crippen LogP contribution in [-0.4, -0.2) is 15.5 Å². The fraction of sp³-hybridized carbons (Fsp3) is 0.375. The molecule has 0 aliphatic carbocycles. The Balaban J connectivity index is 2.03. The highest BCUT2D eigenvalue weighted by Gasteiger charge is 2.24. The molecule has 0 atom stereocenters. The lowest BCUT2D eigenvalue weighted by Gasteiger charge is -2.17. The van der Waals surface area contributed by atoms with Crippen LogP contribution in [0.25, 0.3) is 10.9 Å². The SMILES string of the molecule is CC(C)Cn1c(C(C)C)c(C(=O)CCc2ccc(F)c(F)c2)c2ccc(O)cc21. The fourth-order valence-corrected chi connectivity index (χ4v) is 3.89. The predicted octanol–water partition coefficient (Wildman–Crippen LogP) is 6.22. The van der Waals surface area contributed by atoms with Gasteiger partial charge in [-0.3, -0.25) is 4.79 Å². The average Bonchev–Trinajstić information content (AvgIpc) is 2.95. The van der Waals surface area contributed by atoms with Crippen LogP contribution < -0.4 is 0 Å². The summed E-state index contributed by atoms with van der Waals surface area (Å²) in [4.78, 5) is 13.2. The van der Waals surface area contributed by atoms with E-state index in [-0.39, 0.29) is 23.9 Å². The van der Waals surface area contributed by atoms with Crippen LogP contribution in [-0.2, 0) is 13.0 Å². The van der Waals surface area contributed by atoms with Crippen LogP contribution in [0.2, 0.25) is 0 Å². The van der Waals surface area contributed by atoms with Crippen LogP contribution in [0.5, 0.6) is 5.75 Å². The van der Waals surface area contributed by atoms with E-state index in [9.17, 15) is 18.7 Å². The summed E-state index contributed by atoms with van der Waals surface area (Å²) in [7, 11) is 0. The molecule has 0 unspecified atom stereocenters. The van der Waals surface area contributed by atoms with Crippen molar-refractivity contribution in [1.82, 2.24) is 4.57 Å². The summed E-state index contributed by atoms with van der Waals surface area (Å²) in [6, 6.07) is 8.83. The summed E-state index contributed by atoms with van der Waals surface area (Å²) < 4.78 is 28.8. The zero-order valence-corrected chi connectivity index (χ0v) is 17.3. The number of phenols is 1. The van der Waals surface area contributed by atoms with E-state index in [1.807, 2.05) is 0 Å². The summed E-state index contributed by atoms with van der Waals surface area (Å²) >= 11 is 0. The molecule has 0 saturated carbocycles. The molecule has 5 heteroatoms. The lowest BCUT2D eigenvalue weighted by atomic mass is 9.96. The van der Waals surface area contributed by atoms with Crippen molar-refractivity contribution in [2.75, 3.05) is 0 Å². The van der Waals surface area contributed by atoms with Gasteiger partial charge >= 0.3 is 0 Å². The van der Waals surface area contributed by atoms with Crippen LogP contribution in [0.4, 0.5) is 8.78 Å². The first kappa shape index (κ1) is 21.0. The molecule has 0 aliphatic rings. The maximum absolute atomic E-state index is 13.5. The van der Waals surface area contributed by atoms with E-state index < -0.39 is 11.6 Å². The number of Topliss-reactive ketones (excluding diaryl/α,β-unsaturated/α-hetero) is 1. The lowest BCUT2D eigenvalue weighted by Crippen LogP contribution is -2.12. The number of nitrogens with zero attached hydrogens (tertiary/aromatic N) is 1. The molecule has 0 fully saturated rings. The third-order valence-corrected chi connectivity index (χ3v) is 5.09. The number of ketones is 1. The van der Waals surface area contributed by atoms with E-state index in [4.69, 9.17) is 0 Å². The molecule has 1 heterocycles. The molecular weight excluding hydrogens is 372 g/mol. The monoisotopic (exact) mass is 399 g/mol. The number of carbonyl (C=O) groups is 1. The zero-order valence-electron chi connectivity index (χ0n) is 17.3. The number of halogens is 2. The van der Waals surface area contributed by atoms with Gasteiger partial charge in [-0.1, -0.05) is 33.8 Å². The van der Waals surface area contributed by atoms with Crippen molar-refractivity contribution in [1.29, 1.82) is 0 Å². The maximum atomic E-state index is 13.5. The molecule has 154 valence electrons. The van der Waals surface area contributed by atoms with Gasteiger partial charge in [0.05, 0.1) is 5.52 Å². The summed E-state index contributed by atoms with van der Waals surface area (Å²) in [5.74, 6) is -1.17. The minimum absolute atomic E-state index is 0.0309. The molecule has 0 amide bonds. The summed E-state index contributed by atoms with van der Waals surface area (Å²) in [6.07, 6.45) is 0.537. The van der Waals surface area contributed by atoms with E-state index in [1.165, 1.54) is 6.07 Å². The van der Waals surface area contributed by atoms with Gasteiger partial charge in [0.15, 0.2) is 17.4 Å². The Kier molecular flexibility index (Phi) is 6.06. The minimum atomic E-state index is -0.901. The third-order valence-electron chi connectivity index (χ3n) is 5.09. The van der Waals surface area contributed by atoms with Gasteiger partial charge in [-0.05, 0) is 48.1 Å². The first-order valence-corrected chi connectivity index (χ1v) is 10.0. The van der Waals surface area contributed by atoms with Crippen LogP contribution >= 0.6 is 0 Å². The standard InChI is InChI=1S/C24H27F2NO2/c1-14(2)13-27-21-12-17(28)7-8-18(21)23(24(27)15(3)4)22(29)10-6-16-5-9-19(25)20(26)11-16/h5,7-9,11-12,14-15,28H,6,10,13H2,1-4H3. The van der Waals surface area contributed by atoms with Gasteiger partial charge in [0, 0.05) is 35.7 Å². The number of aromatic hydroxyl groups is 1. The van der Waals surface area contributed by atoms with Crippen molar-refractivity contribution >= 4 is 16.7 Å². The van der Waals surface area contributed by atoms with Crippen molar-refractivity contribution in [2.45, 2.75) is 53.0 Å². The molecule has 29 heavy (non-hydrogen) atoms.